The molecule has 33 heavy (non-hydrogen) atoms. The highest BCUT2D eigenvalue weighted by Gasteiger charge is 2.26. The Labute approximate surface area is 192 Å². The number of nitrogens with zero attached hydrogens (tertiary/aromatic N) is 1. The van der Waals surface area contributed by atoms with E-state index in [1.54, 1.807) is 12.1 Å². The first-order valence-electron chi connectivity index (χ1n) is 11.5. The van der Waals surface area contributed by atoms with Crippen molar-refractivity contribution >= 4 is 27.8 Å². The predicted octanol–water partition coefficient (Wildman–Crippen LogP) is 6.05. The Bertz CT molecular complexity index is 1350. The monoisotopic (exact) mass is 445 g/mol. The molecule has 0 unspecified atom stereocenters. The van der Waals surface area contributed by atoms with E-state index in [0.717, 1.165) is 52.8 Å². The van der Waals surface area contributed by atoms with Crippen LogP contribution in [-0.4, -0.2) is 28.4 Å². The summed E-state index contributed by atoms with van der Waals surface area (Å²) in [6.07, 6.45) is 5.05. The molecule has 1 aliphatic rings. The summed E-state index contributed by atoms with van der Waals surface area (Å²) in [7, 11) is 0. The lowest BCUT2D eigenvalue weighted by molar-refractivity contribution is 0.0706. The molecular formula is C27H28FN3O2. The summed E-state index contributed by atoms with van der Waals surface area (Å²) in [6, 6.07) is 14.3. The summed E-state index contributed by atoms with van der Waals surface area (Å²) in [5, 5.41) is 5.38. The third-order valence-electron chi connectivity index (χ3n) is 6.57. The molecule has 0 spiro atoms. The zero-order chi connectivity index (χ0) is 22.9. The van der Waals surface area contributed by atoms with Gasteiger partial charge in [-0.15, -0.1) is 0 Å². The molecule has 1 aliphatic carbocycles. The maximum absolute atomic E-state index is 13.6. The topological polar surface area (TPSA) is 61.3 Å². The second-order valence-electron chi connectivity index (χ2n) is 8.66. The van der Waals surface area contributed by atoms with E-state index in [-0.39, 0.29) is 17.8 Å². The molecule has 1 amide bonds. The van der Waals surface area contributed by atoms with Crippen molar-refractivity contribution in [2.45, 2.75) is 45.7 Å². The summed E-state index contributed by atoms with van der Waals surface area (Å²) < 4.78 is 19.6. The second kappa shape index (κ2) is 8.77. The Balaban J connectivity index is 1.32. The van der Waals surface area contributed by atoms with Crippen molar-refractivity contribution < 1.29 is 13.6 Å². The number of halogens is 1. The minimum atomic E-state index is -0.307. The van der Waals surface area contributed by atoms with Crippen molar-refractivity contribution in [3.63, 3.8) is 0 Å². The number of aromatic amines is 1. The molecule has 4 aromatic rings. The zero-order valence-electron chi connectivity index (χ0n) is 19.0. The number of aryl methyl sites for hydroxylation is 1. The highest BCUT2D eigenvalue weighted by Crippen LogP contribution is 2.27. The molecule has 0 saturated heterocycles. The number of carbonyl (C=O) groups is 1. The first kappa shape index (κ1) is 21.3. The van der Waals surface area contributed by atoms with Crippen LogP contribution in [0.2, 0.25) is 0 Å². The number of likely N-dealkylation sites (N-methyl/N-ethyl adjacent to an activating group) is 1. The maximum atomic E-state index is 13.6. The van der Waals surface area contributed by atoms with Crippen LogP contribution in [0.5, 0.6) is 0 Å². The van der Waals surface area contributed by atoms with Crippen LogP contribution in [-0.2, 0) is 6.54 Å². The van der Waals surface area contributed by atoms with Gasteiger partial charge in [-0.05, 0) is 69.5 Å². The molecule has 0 aliphatic heterocycles. The van der Waals surface area contributed by atoms with Gasteiger partial charge in [0.2, 0.25) is 0 Å². The summed E-state index contributed by atoms with van der Waals surface area (Å²) in [6.45, 7) is 5.30. The fourth-order valence-corrected chi connectivity index (χ4v) is 4.78. The SMILES string of the molecule is CCN(C(=O)c1cc2cc(F)ccc2[nH]1)[C@@H]1C=C(NCc2oc3ccccc3c2C)CCC1. The van der Waals surface area contributed by atoms with Crippen LogP contribution in [0.3, 0.4) is 0 Å². The van der Waals surface area contributed by atoms with Crippen molar-refractivity contribution in [3.05, 3.63) is 83.1 Å². The zero-order valence-corrected chi connectivity index (χ0v) is 19.0. The van der Waals surface area contributed by atoms with Gasteiger partial charge in [-0.3, -0.25) is 4.79 Å². The predicted molar refractivity (Wildman–Crippen MR) is 128 cm³/mol. The molecule has 2 heterocycles. The van der Waals surface area contributed by atoms with E-state index in [0.29, 0.717) is 24.2 Å². The smallest absolute Gasteiger partial charge is 0.270 e. The number of allylic oxidation sites excluding steroid dienone is 1. The van der Waals surface area contributed by atoms with Crippen molar-refractivity contribution in [1.82, 2.24) is 15.2 Å². The molecule has 0 saturated carbocycles. The highest BCUT2D eigenvalue weighted by atomic mass is 19.1. The molecule has 1 atom stereocenters. The maximum Gasteiger partial charge on any atom is 0.270 e. The molecule has 2 aromatic heterocycles. The van der Waals surface area contributed by atoms with E-state index >= 15 is 0 Å². The number of hydrogen-bond acceptors (Lipinski definition) is 3. The number of hydrogen-bond donors (Lipinski definition) is 2. The number of carbonyl (C=O) groups excluding carboxylic acids is 1. The lowest BCUT2D eigenvalue weighted by Gasteiger charge is -2.32. The van der Waals surface area contributed by atoms with E-state index < -0.39 is 0 Å². The summed E-state index contributed by atoms with van der Waals surface area (Å²) in [5.74, 6) is 0.566. The van der Waals surface area contributed by atoms with Crippen LogP contribution in [0, 0.1) is 12.7 Å². The summed E-state index contributed by atoms with van der Waals surface area (Å²) in [4.78, 5) is 18.3. The van der Waals surface area contributed by atoms with Crippen LogP contribution >= 0.6 is 0 Å². The number of para-hydroxylation sites is 1. The normalized spacial score (nSPS) is 16.2. The van der Waals surface area contributed by atoms with Crippen LogP contribution in [0.25, 0.3) is 21.9 Å². The van der Waals surface area contributed by atoms with Gasteiger partial charge < -0.3 is 19.6 Å². The minimum Gasteiger partial charge on any atom is -0.459 e. The largest absolute Gasteiger partial charge is 0.459 e. The van der Waals surface area contributed by atoms with Gasteiger partial charge in [0.05, 0.1) is 12.6 Å². The Morgan fingerprint density at radius 2 is 2.09 bits per heavy atom. The number of rotatable bonds is 6. The van der Waals surface area contributed by atoms with Crippen LogP contribution in [0.4, 0.5) is 4.39 Å². The summed E-state index contributed by atoms with van der Waals surface area (Å²) >= 11 is 0. The number of nitrogens with one attached hydrogen (secondary N) is 2. The van der Waals surface area contributed by atoms with Crippen molar-refractivity contribution in [3.8, 4) is 0 Å². The van der Waals surface area contributed by atoms with Gasteiger partial charge in [0.15, 0.2) is 0 Å². The average molecular weight is 446 g/mol. The molecule has 5 nitrogen and oxygen atoms in total. The van der Waals surface area contributed by atoms with Crippen molar-refractivity contribution in [2.24, 2.45) is 0 Å². The Morgan fingerprint density at radius 1 is 1.24 bits per heavy atom. The molecule has 2 aromatic carbocycles. The molecule has 0 fully saturated rings. The Morgan fingerprint density at radius 3 is 2.91 bits per heavy atom. The van der Waals surface area contributed by atoms with Crippen LogP contribution in [0.15, 0.2) is 64.7 Å². The Hall–Kier alpha value is -3.54. The Kier molecular flexibility index (Phi) is 5.67. The number of benzene rings is 2. The van der Waals surface area contributed by atoms with Crippen molar-refractivity contribution in [1.29, 1.82) is 0 Å². The third-order valence-corrected chi connectivity index (χ3v) is 6.57. The molecule has 5 rings (SSSR count). The highest BCUT2D eigenvalue weighted by molar-refractivity contribution is 5.98. The van der Waals surface area contributed by atoms with Gasteiger partial charge >= 0.3 is 0 Å². The number of furan rings is 1. The molecule has 170 valence electrons. The van der Waals surface area contributed by atoms with Gasteiger partial charge in [0.25, 0.3) is 5.91 Å². The summed E-state index contributed by atoms with van der Waals surface area (Å²) in [5.41, 5.74) is 4.45. The molecule has 6 heteroatoms. The number of H-pyrrole nitrogens is 1. The van der Waals surface area contributed by atoms with E-state index in [9.17, 15) is 9.18 Å². The first-order valence-corrected chi connectivity index (χ1v) is 11.5. The lowest BCUT2D eigenvalue weighted by Crippen LogP contribution is -2.41. The number of amides is 1. The van der Waals surface area contributed by atoms with Gasteiger partial charge in [-0.1, -0.05) is 18.2 Å². The van der Waals surface area contributed by atoms with E-state index in [1.807, 2.05) is 30.0 Å². The molecule has 0 radical (unpaired) electrons. The van der Waals surface area contributed by atoms with E-state index in [4.69, 9.17) is 4.42 Å². The quantitative estimate of drug-likeness (QED) is 0.380. The van der Waals surface area contributed by atoms with Crippen LogP contribution in [0.1, 0.15) is 48.0 Å². The van der Waals surface area contributed by atoms with Gasteiger partial charge in [0, 0.05) is 34.1 Å². The lowest BCUT2D eigenvalue weighted by atomic mass is 9.98. The van der Waals surface area contributed by atoms with Gasteiger partial charge in [0.1, 0.15) is 22.9 Å². The standard InChI is InChI=1S/C27H28FN3O2/c1-3-31(27(32)24-14-18-13-19(28)11-12-23(18)30-24)21-8-6-7-20(15-21)29-16-26-17(2)22-9-4-5-10-25(22)33-26/h4-5,9-15,21,29-30H,3,6-8,16H2,1-2H3/t21-/m0/s1. The van der Waals surface area contributed by atoms with E-state index in [1.165, 1.54) is 12.1 Å². The second-order valence-corrected chi connectivity index (χ2v) is 8.66. The first-order chi connectivity index (χ1) is 16.0. The number of fused-ring (bicyclic) bond motifs is 2. The fourth-order valence-electron chi connectivity index (χ4n) is 4.78. The molecular weight excluding hydrogens is 417 g/mol. The average Bonchev–Trinajstić information content (AvgIpc) is 3.39. The number of aromatic nitrogens is 1. The fraction of sp³-hybridized carbons (Fsp3) is 0.296. The van der Waals surface area contributed by atoms with Gasteiger partial charge in [-0.2, -0.15) is 0 Å². The van der Waals surface area contributed by atoms with Crippen LogP contribution < -0.4 is 5.32 Å². The van der Waals surface area contributed by atoms with Gasteiger partial charge in [-0.25, -0.2) is 4.39 Å². The minimum absolute atomic E-state index is 0.0127. The third kappa shape index (κ3) is 4.13. The van der Waals surface area contributed by atoms with Crippen molar-refractivity contribution in [2.75, 3.05) is 6.54 Å². The van der Waals surface area contributed by atoms with E-state index in [2.05, 4.69) is 29.4 Å². The molecule has 2 N–H and O–H groups in total. The molecule has 0 bridgehead atoms.